The van der Waals surface area contributed by atoms with Gasteiger partial charge in [0, 0.05) is 0 Å². The second kappa shape index (κ2) is 6.71. The summed E-state index contributed by atoms with van der Waals surface area (Å²) < 4.78 is 48.2. The predicted octanol–water partition coefficient (Wildman–Crippen LogP) is 4.42. The van der Waals surface area contributed by atoms with E-state index in [0.29, 0.717) is 16.9 Å². The minimum Gasteiger partial charge on any atom is -0.422 e. The number of hydrogen-bond acceptors (Lipinski definition) is 4. The molecule has 0 fully saturated rings. The number of benzene rings is 2. The third-order valence-corrected chi connectivity index (χ3v) is 4.81. The lowest BCUT2D eigenvalue weighted by Crippen LogP contribution is -2.24. The normalized spacial score (nSPS) is 16.2. The first-order valence-corrected chi connectivity index (χ1v) is 8.71. The van der Waals surface area contributed by atoms with Gasteiger partial charge in [-0.2, -0.15) is 23.5 Å². The maximum atomic E-state index is 13.7. The van der Waals surface area contributed by atoms with Crippen molar-refractivity contribution in [2.45, 2.75) is 19.0 Å². The number of nitrogens with two attached hydrogens (primary N) is 1. The lowest BCUT2D eigenvalue weighted by atomic mass is 9.82. The van der Waals surface area contributed by atoms with Crippen LogP contribution in [0, 0.1) is 18.3 Å². The molecule has 8 heteroatoms. The Morgan fingerprint density at radius 1 is 1.10 bits per heavy atom. The van der Waals surface area contributed by atoms with E-state index in [0.717, 1.165) is 6.07 Å². The molecule has 2 N–H and O–H groups in total. The molecule has 0 amide bonds. The number of hydrogen-bond donors (Lipinski definition) is 1. The van der Waals surface area contributed by atoms with E-state index in [4.69, 9.17) is 10.5 Å². The van der Waals surface area contributed by atoms with Crippen molar-refractivity contribution in [3.63, 3.8) is 0 Å². The Balaban J connectivity index is 2.01. The standard InChI is InChI=1S/C21H15F3N4O/c1-12-17-18(14-9-5-6-10-16(14)21(22,23)24)15(11-25)19(26)29-20(17)28(27-12)13-7-3-2-4-8-13/h2-10,18H,26H2,1H3/t18-/m0/s1. The van der Waals surface area contributed by atoms with Crippen LogP contribution >= 0.6 is 0 Å². The molecule has 4 rings (SSSR count). The molecule has 5 nitrogen and oxygen atoms in total. The van der Waals surface area contributed by atoms with Crippen molar-refractivity contribution < 1.29 is 17.9 Å². The maximum Gasteiger partial charge on any atom is 0.416 e. The van der Waals surface area contributed by atoms with E-state index in [1.54, 1.807) is 31.2 Å². The second-order valence-corrected chi connectivity index (χ2v) is 6.56. The summed E-state index contributed by atoms with van der Waals surface area (Å²) in [7, 11) is 0. The summed E-state index contributed by atoms with van der Waals surface area (Å²) in [6.07, 6.45) is -4.59. The molecule has 146 valence electrons. The molecule has 0 radical (unpaired) electrons. The Kier molecular flexibility index (Phi) is 4.31. The van der Waals surface area contributed by atoms with E-state index in [1.807, 2.05) is 12.1 Å². The molecule has 0 saturated heterocycles. The Hall–Kier alpha value is -3.73. The van der Waals surface area contributed by atoms with Crippen molar-refractivity contribution in [1.29, 1.82) is 5.26 Å². The topological polar surface area (TPSA) is 76.9 Å². The summed E-state index contributed by atoms with van der Waals surface area (Å²) in [6, 6.07) is 16.1. The van der Waals surface area contributed by atoms with Gasteiger partial charge in [-0.05, 0) is 30.7 Å². The van der Waals surface area contributed by atoms with Crippen LogP contribution in [-0.4, -0.2) is 9.78 Å². The zero-order valence-corrected chi connectivity index (χ0v) is 15.2. The third-order valence-electron chi connectivity index (χ3n) is 4.81. The molecule has 2 heterocycles. The fraction of sp³-hybridized carbons (Fsp3) is 0.143. The van der Waals surface area contributed by atoms with Gasteiger partial charge in [-0.25, -0.2) is 4.68 Å². The van der Waals surface area contributed by atoms with Crippen LogP contribution in [0.15, 0.2) is 66.1 Å². The van der Waals surface area contributed by atoms with E-state index >= 15 is 0 Å². The zero-order valence-electron chi connectivity index (χ0n) is 15.2. The van der Waals surface area contributed by atoms with Gasteiger partial charge in [-0.1, -0.05) is 36.4 Å². The van der Waals surface area contributed by atoms with Crippen molar-refractivity contribution in [1.82, 2.24) is 9.78 Å². The van der Waals surface area contributed by atoms with E-state index in [-0.39, 0.29) is 22.9 Å². The minimum atomic E-state index is -4.59. The van der Waals surface area contributed by atoms with Crippen molar-refractivity contribution in [3.05, 3.63) is 88.4 Å². The Morgan fingerprint density at radius 3 is 2.41 bits per heavy atom. The highest BCUT2D eigenvalue weighted by Crippen LogP contribution is 2.47. The first kappa shape index (κ1) is 18.6. The highest BCUT2D eigenvalue weighted by molar-refractivity contribution is 5.58. The first-order chi connectivity index (χ1) is 13.8. The highest BCUT2D eigenvalue weighted by atomic mass is 19.4. The monoisotopic (exact) mass is 396 g/mol. The number of aryl methyl sites for hydroxylation is 1. The van der Waals surface area contributed by atoms with Crippen LogP contribution in [0.25, 0.3) is 5.69 Å². The lowest BCUT2D eigenvalue weighted by molar-refractivity contribution is -0.138. The Morgan fingerprint density at radius 2 is 1.76 bits per heavy atom. The Labute approximate surface area is 164 Å². The smallest absolute Gasteiger partial charge is 0.416 e. The van der Waals surface area contributed by atoms with Gasteiger partial charge in [0.1, 0.15) is 11.6 Å². The number of rotatable bonds is 2. The zero-order chi connectivity index (χ0) is 20.8. The summed E-state index contributed by atoms with van der Waals surface area (Å²) in [4.78, 5) is 0. The van der Waals surface area contributed by atoms with Crippen molar-refractivity contribution in [2.75, 3.05) is 0 Å². The molecule has 1 atom stereocenters. The van der Waals surface area contributed by atoms with Gasteiger partial charge in [0.05, 0.1) is 28.4 Å². The second-order valence-electron chi connectivity index (χ2n) is 6.56. The summed E-state index contributed by atoms with van der Waals surface area (Å²) in [5, 5.41) is 14.1. The maximum absolute atomic E-state index is 13.7. The molecule has 1 aliphatic heterocycles. The number of allylic oxidation sites excluding steroid dienone is 1. The van der Waals surface area contributed by atoms with Gasteiger partial charge in [0.25, 0.3) is 0 Å². The highest BCUT2D eigenvalue weighted by Gasteiger charge is 2.41. The molecule has 1 aliphatic rings. The number of alkyl halides is 3. The first-order valence-electron chi connectivity index (χ1n) is 8.71. The quantitative estimate of drug-likeness (QED) is 0.696. The summed E-state index contributed by atoms with van der Waals surface area (Å²) in [6.45, 7) is 1.67. The molecule has 1 aromatic heterocycles. The number of halogens is 3. The average Bonchev–Trinajstić information content (AvgIpc) is 3.03. The van der Waals surface area contributed by atoms with Crippen LogP contribution in [0.5, 0.6) is 5.88 Å². The summed E-state index contributed by atoms with van der Waals surface area (Å²) in [5.41, 5.74) is 6.48. The summed E-state index contributed by atoms with van der Waals surface area (Å²) in [5.74, 6) is -1.08. The number of fused-ring (bicyclic) bond motifs is 1. The molecule has 0 saturated carbocycles. The van der Waals surface area contributed by atoms with Crippen molar-refractivity contribution in [2.24, 2.45) is 5.73 Å². The van der Waals surface area contributed by atoms with Gasteiger partial charge in [-0.15, -0.1) is 0 Å². The number of para-hydroxylation sites is 1. The van der Waals surface area contributed by atoms with E-state index in [9.17, 15) is 18.4 Å². The largest absolute Gasteiger partial charge is 0.422 e. The molecule has 0 unspecified atom stereocenters. The molecule has 3 aromatic rings. The molecular formula is C21H15F3N4O. The van der Waals surface area contributed by atoms with Gasteiger partial charge in [0.2, 0.25) is 11.8 Å². The number of aromatic nitrogens is 2. The molecule has 0 bridgehead atoms. The van der Waals surface area contributed by atoms with Crippen LogP contribution in [0.1, 0.15) is 28.3 Å². The number of nitriles is 1. The molecular weight excluding hydrogens is 381 g/mol. The fourth-order valence-corrected chi connectivity index (χ4v) is 3.58. The Bertz CT molecular complexity index is 1160. The molecule has 2 aromatic carbocycles. The molecule has 0 aliphatic carbocycles. The van der Waals surface area contributed by atoms with E-state index < -0.39 is 17.7 Å². The van der Waals surface area contributed by atoms with Crippen LogP contribution in [-0.2, 0) is 6.18 Å². The van der Waals surface area contributed by atoms with Gasteiger partial charge < -0.3 is 10.5 Å². The van der Waals surface area contributed by atoms with Crippen LogP contribution in [0.2, 0.25) is 0 Å². The summed E-state index contributed by atoms with van der Waals surface area (Å²) >= 11 is 0. The fourth-order valence-electron chi connectivity index (χ4n) is 3.58. The minimum absolute atomic E-state index is 0.0697. The predicted molar refractivity (Wildman–Crippen MR) is 99.0 cm³/mol. The lowest BCUT2D eigenvalue weighted by Gasteiger charge is -2.27. The SMILES string of the molecule is Cc1nn(-c2ccccc2)c2c1[C@@H](c1ccccc1C(F)(F)F)C(C#N)=C(N)O2. The number of ether oxygens (including phenoxy) is 1. The average molecular weight is 396 g/mol. The van der Waals surface area contributed by atoms with E-state index in [1.165, 1.54) is 22.9 Å². The van der Waals surface area contributed by atoms with Crippen LogP contribution < -0.4 is 10.5 Å². The third kappa shape index (κ3) is 3.01. The molecule has 0 spiro atoms. The molecule has 29 heavy (non-hydrogen) atoms. The van der Waals surface area contributed by atoms with Gasteiger partial charge in [-0.3, -0.25) is 0 Å². The van der Waals surface area contributed by atoms with Crippen LogP contribution in [0.4, 0.5) is 13.2 Å². The van der Waals surface area contributed by atoms with Crippen molar-refractivity contribution >= 4 is 0 Å². The van der Waals surface area contributed by atoms with Crippen LogP contribution in [0.3, 0.4) is 0 Å². The van der Waals surface area contributed by atoms with Crippen molar-refractivity contribution in [3.8, 4) is 17.6 Å². The number of nitrogens with zero attached hydrogens (tertiary/aromatic N) is 3. The van der Waals surface area contributed by atoms with Gasteiger partial charge in [0.15, 0.2) is 0 Å². The van der Waals surface area contributed by atoms with E-state index in [2.05, 4.69) is 5.10 Å². The van der Waals surface area contributed by atoms with Gasteiger partial charge >= 0.3 is 6.18 Å².